The molecular weight excluding hydrogens is 415 g/mol. The first-order valence-corrected chi connectivity index (χ1v) is 11.3. The number of carbonyl (C=O) groups is 1. The number of nitrogens with zero attached hydrogens (tertiary/aromatic N) is 4. The van der Waals surface area contributed by atoms with Gasteiger partial charge in [0.1, 0.15) is 16.6 Å². The van der Waals surface area contributed by atoms with Crippen molar-refractivity contribution in [3.8, 4) is 11.1 Å². The summed E-state index contributed by atoms with van der Waals surface area (Å²) in [7, 11) is 0. The van der Waals surface area contributed by atoms with Crippen molar-refractivity contribution in [2.75, 3.05) is 24.5 Å². The predicted molar refractivity (Wildman–Crippen MR) is 120 cm³/mol. The molecule has 0 atom stereocenters. The van der Waals surface area contributed by atoms with Crippen LogP contribution in [0.2, 0.25) is 0 Å². The predicted octanol–water partition coefficient (Wildman–Crippen LogP) is 5.13. The number of hydrogen-bond donors (Lipinski definition) is 1. The molecule has 1 aliphatic rings. The van der Waals surface area contributed by atoms with Crippen LogP contribution in [0.25, 0.3) is 11.1 Å². The summed E-state index contributed by atoms with van der Waals surface area (Å²) in [5.41, 5.74) is 1.71. The van der Waals surface area contributed by atoms with Gasteiger partial charge in [0.15, 0.2) is 0 Å². The third kappa shape index (κ3) is 5.58. The lowest BCUT2D eigenvalue weighted by atomic mass is 9.93. The van der Waals surface area contributed by atoms with Crippen LogP contribution >= 0.6 is 11.3 Å². The van der Waals surface area contributed by atoms with Gasteiger partial charge in [0.25, 0.3) is 0 Å². The summed E-state index contributed by atoms with van der Waals surface area (Å²) in [6.45, 7) is 2.68. The summed E-state index contributed by atoms with van der Waals surface area (Å²) in [5.74, 6) is 1.17. The Morgan fingerprint density at radius 1 is 1.19 bits per heavy atom. The highest BCUT2D eigenvalue weighted by molar-refractivity contribution is 7.09. The Labute approximate surface area is 185 Å². The number of carboxylic acid groups (broad SMARTS) is 1. The molecule has 0 spiro atoms. The second-order valence-corrected chi connectivity index (χ2v) is 8.74. The van der Waals surface area contributed by atoms with E-state index < -0.39 is 6.09 Å². The summed E-state index contributed by atoms with van der Waals surface area (Å²) in [5, 5.41) is 12.2. The van der Waals surface area contributed by atoms with Crippen molar-refractivity contribution >= 4 is 23.2 Å². The zero-order valence-electron chi connectivity index (χ0n) is 17.2. The fraction of sp³-hybridized carbons (Fsp3) is 0.348. The lowest BCUT2D eigenvalue weighted by Crippen LogP contribution is -2.36. The van der Waals surface area contributed by atoms with Crippen LogP contribution in [0, 0.1) is 11.7 Å². The summed E-state index contributed by atoms with van der Waals surface area (Å²) in [6.07, 6.45) is 5.48. The van der Waals surface area contributed by atoms with Gasteiger partial charge in [-0.05, 0) is 55.0 Å². The van der Waals surface area contributed by atoms with E-state index in [1.807, 2.05) is 23.6 Å². The maximum Gasteiger partial charge on any atom is 0.407 e. The molecule has 1 aromatic carbocycles. The first-order valence-electron chi connectivity index (χ1n) is 10.4. The fourth-order valence-corrected chi connectivity index (χ4v) is 4.57. The zero-order valence-corrected chi connectivity index (χ0v) is 18.0. The Morgan fingerprint density at radius 2 is 2.03 bits per heavy atom. The molecule has 1 fully saturated rings. The van der Waals surface area contributed by atoms with Crippen LogP contribution < -0.4 is 4.90 Å². The lowest BCUT2D eigenvalue weighted by Gasteiger charge is -2.33. The Morgan fingerprint density at radius 3 is 2.68 bits per heavy atom. The number of benzene rings is 1. The Balaban J connectivity index is 1.28. The first-order chi connectivity index (χ1) is 15.1. The molecule has 0 radical (unpaired) electrons. The first kappa shape index (κ1) is 21.2. The van der Waals surface area contributed by atoms with Crippen LogP contribution in [-0.4, -0.2) is 45.7 Å². The molecule has 3 aromatic rings. The van der Waals surface area contributed by atoms with Gasteiger partial charge in [0, 0.05) is 43.0 Å². The van der Waals surface area contributed by atoms with Gasteiger partial charge < -0.3 is 14.9 Å². The quantitative estimate of drug-likeness (QED) is 0.551. The number of aromatic nitrogens is 2. The van der Waals surface area contributed by atoms with Gasteiger partial charge in [-0.1, -0.05) is 12.1 Å². The van der Waals surface area contributed by atoms with E-state index in [2.05, 4.69) is 14.9 Å². The molecule has 0 bridgehead atoms. The number of pyridine rings is 1. The molecule has 1 N–H and O–H groups in total. The largest absolute Gasteiger partial charge is 0.465 e. The molecule has 162 valence electrons. The van der Waals surface area contributed by atoms with Crippen molar-refractivity contribution in [2.45, 2.75) is 25.8 Å². The van der Waals surface area contributed by atoms with E-state index in [1.54, 1.807) is 18.5 Å². The van der Waals surface area contributed by atoms with Crippen LogP contribution in [0.15, 0.2) is 54.2 Å². The van der Waals surface area contributed by atoms with Crippen molar-refractivity contribution in [1.82, 2.24) is 14.9 Å². The van der Waals surface area contributed by atoms with Crippen molar-refractivity contribution in [1.29, 1.82) is 0 Å². The highest BCUT2D eigenvalue weighted by atomic mass is 32.1. The van der Waals surface area contributed by atoms with E-state index in [-0.39, 0.29) is 5.82 Å². The van der Waals surface area contributed by atoms with Gasteiger partial charge >= 0.3 is 6.09 Å². The smallest absolute Gasteiger partial charge is 0.407 e. The topological polar surface area (TPSA) is 69.6 Å². The Bertz CT molecular complexity index is 989. The number of thiazole rings is 1. The minimum atomic E-state index is -0.893. The van der Waals surface area contributed by atoms with E-state index >= 15 is 0 Å². The third-order valence-corrected chi connectivity index (χ3v) is 6.50. The molecule has 8 heteroatoms. The van der Waals surface area contributed by atoms with Crippen LogP contribution in [-0.2, 0) is 6.54 Å². The second-order valence-electron chi connectivity index (χ2n) is 7.76. The molecule has 0 aliphatic carbocycles. The minimum Gasteiger partial charge on any atom is -0.465 e. The molecule has 1 amide bonds. The summed E-state index contributed by atoms with van der Waals surface area (Å²) < 4.78 is 13.4. The number of hydrogen-bond acceptors (Lipinski definition) is 5. The van der Waals surface area contributed by atoms with Crippen molar-refractivity contribution in [2.24, 2.45) is 5.92 Å². The molecular formula is C23H25FN4O2S. The fourth-order valence-electron chi connectivity index (χ4n) is 3.94. The normalized spacial score (nSPS) is 14.5. The molecule has 1 aliphatic heterocycles. The van der Waals surface area contributed by atoms with Gasteiger partial charge in [-0.3, -0.25) is 0 Å². The molecule has 3 heterocycles. The number of halogens is 1. The highest BCUT2D eigenvalue weighted by Crippen LogP contribution is 2.26. The average Bonchev–Trinajstić information content (AvgIpc) is 3.30. The SMILES string of the molecule is O=C(O)N(CCC1CCN(c2ccc(-c3cccc(F)c3)cn2)CC1)Cc1nccs1. The number of piperidine rings is 1. The second kappa shape index (κ2) is 9.87. The van der Waals surface area contributed by atoms with E-state index in [1.165, 1.54) is 28.4 Å². The van der Waals surface area contributed by atoms with E-state index in [0.717, 1.165) is 54.3 Å². The van der Waals surface area contributed by atoms with Gasteiger partial charge in [-0.15, -0.1) is 11.3 Å². The van der Waals surface area contributed by atoms with E-state index in [9.17, 15) is 14.3 Å². The lowest BCUT2D eigenvalue weighted by molar-refractivity contribution is 0.137. The van der Waals surface area contributed by atoms with E-state index in [0.29, 0.717) is 19.0 Å². The third-order valence-electron chi connectivity index (χ3n) is 5.73. The van der Waals surface area contributed by atoms with E-state index in [4.69, 9.17) is 0 Å². The number of amides is 1. The van der Waals surface area contributed by atoms with Crippen LogP contribution in [0.3, 0.4) is 0 Å². The molecule has 4 rings (SSSR count). The van der Waals surface area contributed by atoms with Crippen LogP contribution in [0.4, 0.5) is 15.0 Å². The van der Waals surface area contributed by atoms with Crippen molar-refractivity contribution in [3.63, 3.8) is 0 Å². The van der Waals surface area contributed by atoms with Crippen molar-refractivity contribution < 1.29 is 14.3 Å². The average molecular weight is 441 g/mol. The monoisotopic (exact) mass is 440 g/mol. The maximum absolute atomic E-state index is 13.4. The van der Waals surface area contributed by atoms with Crippen LogP contribution in [0.5, 0.6) is 0 Å². The molecule has 1 saturated heterocycles. The molecule has 31 heavy (non-hydrogen) atoms. The van der Waals surface area contributed by atoms with Gasteiger partial charge in [0.2, 0.25) is 0 Å². The number of anilines is 1. The summed E-state index contributed by atoms with van der Waals surface area (Å²) in [6, 6.07) is 10.5. The van der Waals surface area contributed by atoms with Gasteiger partial charge in [-0.25, -0.2) is 19.2 Å². The molecule has 6 nitrogen and oxygen atoms in total. The van der Waals surface area contributed by atoms with Gasteiger partial charge in [0.05, 0.1) is 6.54 Å². The molecule has 2 aromatic heterocycles. The molecule has 0 unspecified atom stereocenters. The Kier molecular flexibility index (Phi) is 6.76. The number of rotatable bonds is 7. The highest BCUT2D eigenvalue weighted by Gasteiger charge is 2.22. The van der Waals surface area contributed by atoms with Crippen molar-refractivity contribution in [3.05, 3.63) is 65.0 Å². The minimum absolute atomic E-state index is 0.253. The van der Waals surface area contributed by atoms with Gasteiger partial charge in [-0.2, -0.15) is 0 Å². The molecule has 0 saturated carbocycles. The summed E-state index contributed by atoms with van der Waals surface area (Å²) in [4.78, 5) is 24.0. The summed E-state index contributed by atoms with van der Waals surface area (Å²) >= 11 is 1.48. The maximum atomic E-state index is 13.4. The zero-order chi connectivity index (χ0) is 21.6. The standard InChI is InChI=1S/C23H25FN4O2S/c24-20-3-1-2-18(14-20)19-4-5-21(26-15-19)27-10-6-17(7-11-27)8-12-28(23(29)30)16-22-25-9-13-31-22/h1-5,9,13-15,17H,6-8,10-12,16H2,(H,29,30). The Hall–Kier alpha value is -3.00. The van der Waals surface area contributed by atoms with Crippen LogP contribution in [0.1, 0.15) is 24.3 Å².